The molecule has 1 aromatic rings. The van der Waals surface area contributed by atoms with Crippen molar-refractivity contribution >= 4 is 11.6 Å². The van der Waals surface area contributed by atoms with Crippen molar-refractivity contribution in [3.63, 3.8) is 0 Å². The SMILES string of the molecule is CCCCC(N)C(=O)Nc1ccc(O)cc1. The van der Waals surface area contributed by atoms with E-state index in [9.17, 15) is 4.79 Å². The van der Waals surface area contributed by atoms with E-state index in [2.05, 4.69) is 12.2 Å². The molecule has 4 N–H and O–H groups in total. The molecule has 0 saturated carbocycles. The summed E-state index contributed by atoms with van der Waals surface area (Å²) in [6.45, 7) is 2.06. The highest BCUT2D eigenvalue weighted by Gasteiger charge is 2.12. The number of phenolic OH excluding ortho intramolecular Hbond substituents is 1. The van der Waals surface area contributed by atoms with Gasteiger partial charge in [-0.15, -0.1) is 0 Å². The Morgan fingerprint density at radius 3 is 2.62 bits per heavy atom. The first kappa shape index (κ1) is 12.5. The molecule has 0 fully saturated rings. The fourth-order valence-corrected chi connectivity index (χ4v) is 1.33. The second-order valence-corrected chi connectivity index (χ2v) is 3.78. The van der Waals surface area contributed by atoms with Crippen molar-refractivity contribution in [2.24, 2.45) is 5.73 Å². The number of carbonyl (C=O) groups is 1. The lowest BCUT2D eigenvalue weighted by molar-refractivity contribution is -0.117. The number of benzene rings is 1. The fourth-order valence-electron chi connectivity index (χ4n) is 1.33. The maximum absolute atomic E-state index is 11.6. The third-order valence-electron chi connectivity index (χ3n) is 2.34. The number of hydrogen-bond acceptors (Lipinski definition) is 3. The molecule has 0 aromatic heterocycles. The van der Waals surface area contributed by atoms with E-state index < -0.39 is 6.04 Å². The monoisotopic (exact) mass is 222 g/mol. The first-order valence-electron chi connectivity index (χ1n) is 5.49. The molecule has 0 spiro atoms. The van der Waals surface area contributed by atoms with Crippen LogP contribution in [0.4, 0.5) is 5.69 Å². The first-order valence-corrected chi connectivity index (χ1v) is 5.49. The maximum Gasteiger partial charge on any atom is 0.241 e. The third kappa shape index (κ3) is 3.90. The summed E-state index contributed by atoms with van der Waals surface area (Å²) in [7, 11) is 0. The topological polar surface area (TPSA) is 75.4 Å². The highest BCUT2D eigenvalue weighted by Crippen LogP contribution is 2.14. The van der Waals surface area contributed by atoms with Gasteiger partial charge in [0.05, 0.1) is 6.04 Å². The lowest BCUT2D eigenvalue weighted by Crippen LogP contribution is -2.35. The molecule has 0 radical (unpaired) electrons. The van der Waals surface area contributed by atoms with Gasteiger partial charge in [-0.2, -0.15) is 0 Å². The number of anilines is 1. The standard InChI is InChI=1S/C12H18N2O2/c1-2-3-4-11(13)12(16)14-9-5-7-10(15)8-6-9/h5-8,11,15H,2-4,13H2,1H3,(H,14,16). The molecule has 1 unspecified atom stereocenters. The van der Waals surface area contributed by atoms with Crippen LogP contribution in [-0.4, -0.2) is 17.1 Å². The van der Waals surface area contributed by atoms with Gasteiger partial charge in [0.15, 0.2) is 0 Å². The van der Waals surface area contributed by atoms with Crippen LogP contribution in [0.25, 0.3) is 0 Å². The normalized spacial score (nSPS) is 12.1. The van der Waals surface area contributed by atoms with Gasteiger partial charge in [0, 0.05) is 5.69 Å². The minimum absolute atomic E-state index is 0.174. The van der Waals surface area contributed by atoms with E-state index in [1.165, 1.54) is 12.1 Å². The van der Waals surface area contributed by atoms with Crippen LogP contribution in [-0.2, 0) is 4.79 Å². The molecular formula is C12H18N2O2. The van der Waals surface area contributed by atoms with Crippen LogP contribution in [0.1, 0.15) is 26.2 Å². The minimum atomic E-state index is -0.464. The van der Waals surface area contributed by atoms with Gasteiger partial charge in [-0.05, 0) is 30.7 Å². The van der Waals surface area contributed by atoms with E-state index in [1.807, 2.05) is 0 Å². The van der Waals surface area contributed by atoms with Crippen LogP contribution in [0.5, 0.6) is 5.75 Å². The molecule has 0 aliphatic rings. The number of nitrogens with one attached hydrogen (secondary N) is 1. The molecule has 4 heteroatoms. The van der Waals surface area contributed by atoms with Crippen LogP contribution in [0.3, 0.4) is 0 Å². The highest BCUT2D eigenvalue weighted by molar-refractivity contribution is 5.94. The largest absolute Gasteiger partial charge is 0.508 e. The molecule has 1 amide bonds. The van der Waals surface area contributed by atoms with E-state index in [1.54, 1.807) is 12.1 Å². The quantitative estimate of drug-likeness (QED) is 0.665. The van der Waals surface area contributed by atoms with Crippen molar-refractivity contribution in [3.05, 3.63) is 24.3 Å². The molecule has 0 bridgehead atoms. The number of unbranched alkanes of at least 4 members (excludes halogenated alkanes) is 1. The van der Waals surface area contributed by atoms with Crippen molar-refractivity contribution < 1.29 is 9.90 Å². The van der Waals surface area contributed by atoms with Crippen molar-refractivity contribution in [2.45, 2.75) is 32.2 Å². The third-order valence-corrected chi connectivity index (χ3v) is 2.34. The number of aromatic hydroxyl groups is 1. The van der Waals surface area contributed by atoms with E-state index in [0.717, 1.165) is 12.8 Å². The molecule has 0 aliphatic heterocycles. The van der Waals surface area contributed by atoms with Crippen LogP contribution in [0.15, 0.2) is 24.3 Å². The van der Waals surface area contributed by atoms with Gasteiger partial charge < -0.3 is 16.2 Å². The molecule has 1 aromatic carbocycles. The average Bonchev–Trinajstić information content (AvgIpc) is 2.29. The predicted molar refractivity (Wildman–Crippen MR) is 64.2 cm³/mol. The summed E-state index contributed by atoms with van der Waals surface area (Å²) < 4.78 is 0. The van der Waals surface area contributed by atoms with Gasteiger partial charge in [0.1, 0.15) is 5.75 Å². The highest BCUT2D eigenvalue weighted by atomic mass is 16.3. The number of rotatable bonds is 5. The summed E-state index contributed by atoms with van der Waals surface area (Å²) in [6.07, 6.45) is 2.67. The molecule has 4 nitrogen and oxygen atoms in total. The van der Waals surface area contributed by atoms with Gasteiger partial charge in [0.25, 0.3) is 0 Å². The zero-order valence-electron chi connectivity index (χ0n) is 9.44. The zero-order valence-corrected chi connectivity index (χ0v) is 9.44. The van der Waals surface area contributed by atoms with Crippen LogP contribution in [0.2, 0.25) is 0 Å². The van der Waals surface area contributed by atoms with Crippen molar-refractivity contribution in [1.82, 2.24) is 0 Å². The summed E-state index contributed by atoms with van der Waals surface area (Å²) in [5.41, 5.74) is 6.37. The average molecular weight is 222 g/mol. The van der Waals surface area contributed by atoms with Crippen LogP contribution < -0.4 is 11.1 Å². The van der Waals surface area contributed by atoms with Gasteiger partial charge in [0.2, 0.25) is 5.91 Å². The molecule has 0 saturated heterocycles. The van der Waals surface area contributed by atoms with Gasteiger partial charge >= 0.3 is 0 Å². The van der Waals surface area contributed by atoms with E-state index >= 15 is 0 Å². The lowest BCUT2D eigenvalue weighted by Gasteiger charge is -2.11. The van der Waals surface area contributed by atoms with Gasteiger partial charge in [-0.3, -0.25) is 4.79 Å². The smallest absolute Gasteiger partial charge is 0.241 e. The van der Waals surface area contributed by atoms with E-state index in [4.69, 9.17) is 10.8 Å². The summed E-state index contributed by atoms with van der Waals surface area (Å²) in [6, 6.07) is 5.86. The summed E-state index contributed by atoms with van der Waals surface area (Å²) in [5, 5.41) is 11.8. The first-order chi connectivity index (χ1) is 7.63. The number of amides is 1. The second kappa shape index (κ2) is 6.12. The lowest BCUT2D eigenvalue weighted by atomic mass is 10.1. The summed E-state index contributed by atoms with van der Waals surface area (Å²) >= 11 is 0. The molecule has 0 heterocycles. The zero-order chi connectivity index (χ0) is 12.0. The number of nitrogens with two attached hydrogens (primary N) is 1. The Kier molecular flexibility index (Phi) is 4.79. The number of carbonyl (C=O) groups excluding carboxylic acids is 1. The number of hydrogen-bond donors (Lipinski definition) is 3. The maximum atomic E-state index is 11.6. The van der Waals surface area contributed by atoms with Crippen molar-refractivity contribution in [2.75, 3.05) is 5.32 Å². The Hall–Kier alpha value is -1.55. The summed E-state index contributed by atoms with van der Waals surface area (Å²) in [4.78, 5) is 11.6. The fraction of sp³-hybridized carbons (Fsp3) is 0.417. The number of phenols is 1. The van der Waals surface area contributed by atoms with Gasteiger partial charge in [-0.1, -0.05) is 19.8 Å². The Labute approximate surface area is 95.5 Å². The molecule has 16 heavy (non-hydrogen) atoms. The van der Waals surface area contributed by atoms with Crippen molar-refractivity contribution in [3.8, 4) is 5.75 Å². The molecular weight excluding hydrogens is 204 g/mol. The molecule has 0 aliphatic carbocycles. The second-order valence-electron chi connectivity index (χ2n) is 3.78. The Morgan fingerprint density at radius 2 is 2.06 bits per heavy atom. The van der Waals surface area contributed by atoms with E-state index in [-0.39, 0.29) is 11.7 Å². The minimum Gasteiger partial charge on any atom is -0.508 e. The van der Waals surface area contributed by atoms with E-state index in [0.29, 0.717) is 12.1 Å². The molecule has 88 valence electrons. The molecule has 1 atom stereocenters. The Balaban J connectivity index is 2.47. The molecule has 1 rings (SSSR count). The Morgan fingerprint density at radius 1 is 1.44 bits per heavy atom. The van der Waals surface area contributed by atoms with Crippen molar-refractivity contribution in [1.29, 1.82) is 0 Å². The van der Waals surface area contributed by atoms with Crippen LogP contribution in [0, 0.1) is 0 Å². The Bertz CT molecular complexity index is 335. The summed E-state index contributed by atoms with van der Waals surface area (Å²) in [5.74, 6) is -0.00702. The van der Waals surface area contributed by atoms with Gasteiger partial charge in [-0.25, -0.2) is 0 Å². The predicted octanol–water partition coefficient (Wildman–Crippen LogP) is 1.85. The van der Waals surface area contributed by atoms with Crippen LogP contribution >= 0.6 is 0 Å².